The molecule has 0 bridgehead atoms. The monoisotopic (exact) mass is 416 g/mol. The van der Waals surface area contributed by atoms with E-state index in [1.807, 2.05) is 6.07 Å². The summed E-state index contributed by atoms with van der Waals surface area (Å²) in [6.45, 7) is 6.38. The molecule has 0 aliphatic rings. The summed E-state index contributed by atoms with van der Waals surface area (Å²) < 4.78 is 10.7. The zero-order valence-electron chi connectivity index (χ0n) is 17.7. The number of hydrogen-bond acceptors (Lipinski definition) is 4. The van der Waals surface area contributed by atoms with Crippen LogP contribution in [0.5, 0.6) is 0 Å². The molecule has 0 spiro atoms. The van der Waals surface area contributed by atoms with E-state index in [4.69, 9.17) is 8.83 Å². The third-order valence-electron chi connectivity index (χ3n) is 5.19. The SMILES string of the molecule is Cc1cc2occ(CC(=O)Nc3ccc(NC(=O)c4ccco4)cc3)c2cc1C(C)C. The lowest BCUT2D eigenvalue weighted by Crippen LogP contribution is -2.14. The molecule has 0 saturated carbocycles. The molecule has 31 heavy (non-hydrogen) atoms. The van der Waals surface area contributed by atoms with Crippen LogP contribution < -0.4 is 10.6 Å². The summed E-state index contributed by atoms with van der Waals surface area (Å²) in [6.07, 6.45) is 3.31. The average Bonchev–Trinajstić information content (AvgIpc) is 3.39. The smallest absolute Gasteiger partial charge is 0.291 e. The fraction of sp³-hybridized carbons (Fsp3) is 0.200. The molecule has 2 aromatic heterocycles. The molecule has 4 aromatic rings. The maximum atomic E-state index is 12.6. The average molecular weight is 416 g/mol. The zero-order chi connectivity index (χ0) is 22.0. The van der Waals surface area contributed by atoms with Crippen LogP contribution in [-0.2, 0) is 11.2 Å². The largest absolute Gasteiger partial charge is 0.464 e. The molecule has 0 saturated heterocycles. The zero-order valence-corrected chi connectivity index (χ0v) is 17.7. The summed E-state index contributed by atoms with van der Waals surface area (Å²) in [5.74, 6) is 0.166. The van der Waals surface area contributed by atoms with Gasteiger partial charge in [-0.15, -0.1) is 0 Å². The van der Waals surface area contributed by atoms with Gasteiger partial charge in [0.2, 0.25) is 5.91 Å². The van der Waals surface area contributed by atoms with Crippen molar-refractivity contribution in [2.24, 2.45) is 0 Å². The molecule has 6 heteroatoms. The summed E-state index contributed by atoms with van der Waals surface area (Å²) in [4.78, 5) is 24.6. The second-order valence-electron chi connectivity index (χ2n) is 7.85. The number of amides is 2. The van der Waals surface area contributed by atoms with Crippen LogP contribution in [0.1, 0.15) is 47.0 Å². The number of furan rings is 2. The van der Waals surface area contributed by atoms with Gasteiger partial charge in [-0.2, -0.15) is 0 Å². The van der Waals surface area contributed by atoms with E-state index >= 15 is 0 Å². The first-order valence-corrected chi connectivity index (χ1v) is 10.2. The van der Waals surface area contributed by atoms with Gasteiger partial charge in [-0.3, -0.25) is 9.59 Å². The Balaban J connectivity index is 1.42. The molecule has 0 atom stereocenters. The van der Waals surface area contributed by atoms with Crippen LogP contribution in [0.25, 0.3) is 11.0 Å². The van der Waals surface area contributed by atoms with Crippen molar-refractivity contribution < 1.29 is 18.4 Å². The number of rotatable bonds is 6. The normalized spacial score (nSPS) is 11.1. The highest BCUT2D eigenvalue weighted by Crippen LogP contribution is 2.29. The first-order chi connectivity index (χ1) is 14.9. The second kappa shape index (κ2) is 8.52. The summed E-state index contributed by atoms with van der Waals surface area (Å²) in [5.41, 5.74) is 5.34. The van der Waals surface area contributed by atoms with E-state index in [0.717, 1.165) is 16.5 Å². The molecule has 0 radical (unpaired) electrons. The van der Waals surface area contributed by atoms with Crippen molar-refractivity contribution in [3.8, 4) is 0 Å². The minimum absolute atomic E-state index is 0.137. The van der Waals surface area contributed by atoms with Crippen molar-refractivity contribution in [1.82, 2.24) is 0 Å². The Labute approximate surface area is 180 Å². The summed E-state index contributed by atoms with van der Waals surface area (Å²) in [6, 6.07) is 14.3. The van der Waals surface area contributed by atoms with Gasteiger partial charge in [0.15, 0.2) is 5.76 Å². The van der Waals surface area contributed by atoms with E-state index in [0.29, 0.717) is 17.3 Å². The molecule has 0 fully saturated rings. The van der Waals surface area contributed by atoms with Crippen molar-refractivity contribution in [1.29, 1.82) is 0 Å². The van der Waals surface area contributed by atoms with Crippen LogP contribution in [0.15, 0.2) is 69.9 Å². The number of carbonyl (C=O) groups excluding carboxylic acids is 2. The van der Waals surface area contributed by atoms with Crippen molar-refractivity contribution in [3.63, 3.8) is 0 Å². The Morgan fingerprint density at radius 3 is 2.32 bits per heavy atom. The number of hydrogen-bond donors (Lipinski definition) is 2. The quantitative estimate of drug-likeness (QED) is 0.410. The van der Waals surface area contributed by atoms with Gasteiger partial charge < -0.3 is 19.5 Å². The van der Waals surface area contributed by atoms with Crippen molar-refractivity contribution >= 4 is 34.2 Å². The molecule has 2 heterocycles. The van der Waals surface area contributed by atoms with Gasteiger partial charge >= 0.3 is 0 Å². The van der Waals surface area contributed by atoms with Crippen LogP contribution in [0, 0.1) is 6.92 Å². The molecule has 158 valence electrons. The van der Waals surface area contributed by atoms with Crippen LogP contribution in [-0.4, -0.2) is 11.8 Å². The van der Waals surface area contributed by atoms with E-state index in [1.165, 1.54) is 17.4 Å². The van der Waals surface area contributed by atoms with E-state index in [-0.39, 0.29) is 24.0 Å². The highest BCUT2D eigenvalue weighted by atomic mass is 16.3. The number of benzene rings is 2. The van der Waals surface area contributed by atoms with Gasteiger partial charge in [0.25, 0.3) is 5.91 Å². The highest BCUT2D eigenvalue weighted by molar-refractivity contribution is 6.02. The van der Waals surface area contributed by atoms with Crippen LogP contribution >= 0.6 is 0 Å². The molecule has 2 aromatic carbocycles. The van der Waals surface area contributed by atoms with Gasteiger partial charge in [0.05, 0.1) is 18.9 Å². The lowest BCUT2D eigenvalue weighted by Gasteiger charge is -2.10. The first kappa shape index (κ1) is 20.5. The third kappa shape index (κ3) is 4.53. The molecule has 0 aliphatic heterocycles. The maximum absolute atomic E-state index is 12.6. The van der Waals surface area contributed by atoms with Crippen LogP contribution in [0.2, 0.25) is 0 Å². The lowest BCUT2D eigenvalue weighted by molar-refractivity contribution is -0.115. The summed E-state index contributed by atoms with van der Waals surface area (Å²) in [7, 11) is 0. The predicted octanol–water partition coefficient (Wildman–Crippen LogP) is 5.89. The number of anilines is 2. The summed E-state index contributed by atoms with van der Waals surface area (Å²) >= 11 is 0. The van der Waals surface area contributed by atoms with E-state index in [9.17, 15) is 9.59 Å². The second-order valence-corrected chi connectivity index (χ2v) is 7.85. The molecule has 0 unspecified atom stereocenters. The Hall–Kier alpha value is -3.80. The maximum Gasteiger partial charge on any atom is 0.291 e. The van der Waals surface area contributed by atoms with Gasteiger partial charge in [-0.25, -0.2) is 0 Å². The Bertz CT molecular complexity index is 1220. The van der Waals surface area contributed by atoms with Gasteiger partial charge in [0, 0.05) is 22.3 Å². The van der Waals surface area contributed by atoms with E-state index in [1.54, 1.807) is 42.7 Å². The van der Waals surface area contributed by atoms with Crippen LogP contribution in [0.3, 0.4) is 0 Å². The van der Waals surface area contributed by atoms with Crippen LogP contribution in [0.4, 0.5) is 11.4 Å². The number of aryl methyl sites for hydroxylation is 1. The molecule has 2 amide bonds. The minimum atomic E-state index is -0.329. The topological polar surface area (TPSA) is 84.5 Å². The van der Waals surface area contributed by atoms with E-state index in [2.05, 4.69) is 37.5 Å². The minimum Gasteiger partial charge on any atom is -0.464 e. The van der Waals surface area contributed by atoms with Gasteiger partial charge in [0.1, 0.15) is 5.58 Å². The Kier molecular flexibility index (Phi) is 5.62. The number of fused-ring (bicyclic) bond motifs is 1. The third-order valence-corrected chi connectivity index (χ3v) is 5.19. The predicted molar refractivity (Wildman–Crippen MR) is 120 cm³/mol. The van der Waals surface area contributed by atoms with Gasteiger partial charge in [-0.1, -0.05) is 13.8 Å². The fourth-order valence-corrected chi connectivity index (χ4v) is 3.62. The molecule has 0 aliphatic carbocycles. The molecule has 6 nitrogen and oxygen atoms in total. The number of carbonyl (C=O) groups is 2. The lowest BCUT2D eigenvalue weighted by atomic mass is 9.95. The number of nitrogens with one attached hydrogen (secondary N) is 2. The molecule has 4 rings (SSSR count). The Morgan fingerprint density at radius 1 is 0.968 bits per heavy atom. The van der Waals surface area contributed by atoms with E-state index < -0.39 is 0 Å². The standard InChI is InChI=1S/C25H24N2O4/c1-15(2)20-13-21-17(14-31-23(21)11-16(20)3)12-24(28)26-18-6-8-19(9-7-18)27-25(29)22-5-4-10-30-22/h4-11,13-15H,12H2,1-3H3,(H,26,28)(H,27,29). The first-order valence-electron chi connectivity index (χ1n) is 10.2. The molecular formula is C25H24N2O4. The van der Waals surface area contributed by atoms with Gasteiger partial charge in [-0.05, 0) is 72.5 Å². The molecular weight excluding hydrogens is 392 g/mol. The molecule has 2 N–H and O–H groups in total. The summed E-state index contributed by atoms with van der Waals surface area (Å²) in [5, 5.41) is 6.60. The highest BCUT2D eigenvalue weighted by Gasteiger charge is 2.14. The fourth-order valence-electron chi connectivity index (χ4n) is 3.62. The van der Waals surface area contributed by atoms with Crippen molar-refractivity contribution in [3.05, 3.63) is 83.5 Å². The Morgan fingerprint density at radius 2 is 1.68 bits per heavy atom. The van der Waals surface area contributed by atoms with Crippen molar-refractivity contribution in [2.45, 2.75) is 33.1 Å². The van der Waals surface area contributed by atoms with Crippen molar-refractivity contribution in [2.75, 3.05) is 10.6 Å².